The highest BCUT2D eigenvalue weighted by atomic mass is 32.2. The molecule has 0 spiro atoms. The highest BCUT2D eigenvalue weighted by Crippen LogP contribution is 2.31. The summed E-state index contributed by atoms with van der Waals surface area (Å²) in [4.78, 5) is 3.96. The van der Waals surface area contributed by atoms with E-state index in [4.69, 9.17) is 10.5 Å². The third kappa shape index (κ3) is 2.85. The smallest absolute Gasteiger partial charge is 0.262 e. The van der Waals surface area contributed by atoms with Crippen molar-refractivity contribution >= 4 is 10.0 Å². The molecule has 2 N–H and O–H groups in total. The number of ether oxygens (including phenoxy) is 1. The van der Waals surface area contributed by atoms with Gasteiger partial charge in [0.1, 0.15) is 0 Å². The van der Waals surface area contributed by atoms with E-state index in [0.29, 0.717) is 25.6 Å². The summed E-state index contributed by atoms with van der Waals surface area (Å²) >= 11 is 0. The first kappa shape index (κ1) is 15.0. The van der Waals surface area contributed by atoms with E-state index in [9.17, 15) is 8.42 Å². The van der Waals surface area contributed by atoms with Crippen LogP contribution in [0.5, 0.6) is 0 Å². The largest absolute Gasteiger partial charge is 0.381 e. The van der Waals surface area contributed by atoms with Gasteiger partial charge in [0.25, 0.3) is 10.0 Å². The monoisotopic (exact) mass is 314 g/mol. The Bertz CT molecular complexity index is 594. The van der Waals surface area contributed by atoms with Crippen molar-refractivity contribution in [2.24, 2.45) is 24.6 Å². The fraction of sp³-hybridized carbons (Fsp3) is 0.769. The zero-order valence-corrected chi connectivity index (χ0v) is 13.0. The molecule has 3 atom stereocenters. The second-order valence-electron chi connectivity index (χ2n) is 6.00. The van der Waals surface area contributed by atoms with Crippen LogP contribution in [0.15, 0.2) is 17.6 Å². The maximum atomic E-state index is 12.6. The first-order valence-corrected chi connectivity index (χ1v) is 8.74. The molecule has 118 valence electrons. The van der Waals surface area contributed by atoms with Crippen LogP contribution >= 0.6 is 0 Å². The van der Waals surface area contributed by atoms with Crippen LogP contribution < -0.4 is 5.73 Å². The molecular formula is C13H22N4O3S. The predicted molar refractivity (Wildman–Crippen MR) is 77.0 cm³/mol. The first-order valence-electron chi connectivity index (χ1n) is 7.30. The van der Waals surface area contributed by atoms with Crippen LogP contribution in [-0.4, -0.2) is 54.6 Å². The molecule has 0 aliphatic carbocycles. The maximum Gasteiger partial charge on any atom is 0.262 e. The molecule has 0 radical (unpaired) electrons. The maximum absolute atomic E-state index is 12.6. The zero-order valence-electron chi connectivity index (χ0n) is 12.2. The van der Waals surface area contributed by atoms with Gasteiger partial charge in [0.05, 0.1) is 6.33 Å². The quantitative estimate of drug-likeness (QED) is 0.834. The Balaban J connectivity index is 1.75. The van der Waals surface area contributed by atoms with E-state index < -0.39 is 10.0 Å². The number of hydrogen-bond acceptors (Lipinski definition) is 5. The van der Waals surface area contributed by atoms with Crippen molar-refractivity contribution < 1.29 is 13.2 Å². The molecule has 2 fully saturated rings. The van der Waals surface area contributed by atoms with Crippen LogP contribution in [0.4, 0.5) is 0 Å². The van der Waals surface area contributed by atoms with Crippen molar-refractivity contribution in [3.63, 3.8) is 0 Å². The number of nitrogens with zero attached hydrogens (tertiary/aromatic N) is 3. The Hall–Kier alpha value is -0.960. The predicted octanol–water partition coefficient (Wildman–Crippen LogP) is -0.205. The Morgan fingerprint density at radius 3 is 2.86 bits per heavy atom. The lowest BCUT2D eigenvalue weighted by Gasteiger charge is -2.29. The SMILES string of the molecule is Cn1cnc(S(=O)(=O)N2C[C@@H]([C@@H]3CCCOC3)[C@H](N)C2)c1. The highest BCUT2D eigenvalue weighted by Gasteiger charge is 2.42. The number of nitrogens with two attached hydrogens (primary N) is 1. The minimum atomic E-state index is -3.54. The average Bonchev–Trinajstić information content (AvgIpc) is 3.07. The Morgan fingerprint density at radius 1 is 1.43 bits per heavy atom. The standard InChI is InChI=1S/C13H22N4O3S/c1-16-7-13(15-9-16)21(18,19)17-5-11(12(14)6-17)10-3-2-4-20-8-10/h7,9-12H,2-6,8,14H2,1H3/t10-,11+,12-/m1/s1. The summed E-state index contributed by atoms with van der Waals surface area (Å²) in [7, 11) is -1.79. The number of aryl methyl sites for hydroxylation is 1. The van der Waals surface area contributed by atoms with Gasteiger partial charge in [-0.15, -0.1) is 0 Å². The van der Waals surface area contributed by atoms with E-state index in [-0.39, 0.29) is 17.0 Å². The molecule has 8 heteroatoms. The van der Waals surface area contributed by atoms with Gasteiger partial charge >= 0.3 is 0 Å². The molecule has 0 bridgehead atoms. The molecule has 21 heavy (non-hydrogen) atoms. The molecule has 3 heterocycles. The van der Waals surface area contributed by atoms with E-state index in [1.165, 1.54) is 16.8 Å². The Morgan fingerprint density at radius 2 is 2.24 bits per heavy atom. The molecular weight excluding hydrogens is 292 g/mol. The van der Waals surface area contributed by atoms with Crippen LogP contribution in [-0.2, 0) is 21.8 Å². The van der Waals surface area contributed by atoms with Crippen molar-refractivity contribution in [1.29, 1.82) is 0 Å². The average molecular weight is 314 g/mol. The lowest BCUT2D eigenvalue weighted by molar-refractivity contribution is 0.0307. The number of hydrogen-bond donors (Lipinski definition) is 1. The number of imidazole rings is 1. The van der Waals surface area contributed by atoms with Crippen molar-refractivity contribution in [2.75, 3.05) is 26.3 Å². The summed E-state index contributed by atoms with van der Waals surface area (Å²) in [5.74, 6) is 0.529. The van der Waals surface area contributed by atoms with E-state index in [0.717, 1.165) is 19.4 Å². The summed E-state index contributed by atoms with van der Waals surface area (Å²) < 4.78 is 33.8. The van der Waals surface area contributed by atoms with Gasteiger partial charge < -0.3 is 15.0 Å². The minimum Gasteiger partial charge on any atom is -0.381 e. The van der Waals surface area contributed by atoms with Gasteiger partial charge in [-0.05, 0) is 24.7 Å². The molecule has 0 unspecified atom stereocenters. The van der Waals surface area contributed by atoms with Crippen molar-refractivity contribution in [1.82, 2.24) is 13.9 Å². The third-order valence-corrected chi connectivity index (χ3v) is 6.18. The normalized spacial score (nSPS) is 31.6. The van der Waals surface area contributed by atoms with Crippen LogP contribution in [0.1, 0.15) is 12.8 Å². The highest BCUT2D eigenvalue weighted by molar-refractivity contribution is 7.89. The Kier molecular flexibility index (Phi) is 4.04. The zero-order chi connectivity index (χ0) is 15.0. The van der Waals surface area contributed by atoms with E-state index in [1.54, 1.807) is 11.6 Å². The first-order chi connectivity index (χ1) is 9.98. The number of rotatable bonds is 3. The number of sulfonamides is 1. The third-order valence-electron chi connectivity index (χ3n) is 4.47. The van der Waals surface area contributed by atoms with Crippen LogP contribution in [0.25, 0.3) is 0 Å². The van der Waals surface area contributed by atoms with Crippen LogP contribution in [0, 0.1) is 11.8 Å². The lowest BCUT2D eigenvalue weighted by atomic mass is 9.85. The second-order valence-corrected chi connectivity index (χ2v) is 7.89. The molecule has 1 aromatic heterocycles. The summed E-state index contributed by atoms with van der Waals surface area (Å²) in [5.41, 5.74) is 6.19. The topological polar surface area (TPSA) is 90.5 Å². The van der Waals surface area contributed by atoms with Crippen LogP contribution in [0.3, 0.4) is 0 Å². The molecule has 2 aliphatic rings. The van der Waals surface area contributed by atoms with Gasteiger partial charge in [-0.3, -0.25) is 0 Å². The summed E-state index contributed by atoms with van der Waals surface area (Å²) in [6, 6.07) is -0.129. The lowest BCUT2D eigenvalue weighted by Crippen LogP contribution is -2.37. The van der Waals surface area contributed by atoms with E-state index in [1.807, 2.05) is 0 Å². The number of aromatic nitrogens is 2. The fourth-order valence-electron chi connectivity index (χ4n) is 3.27. The van der Waals surface area contributed by atoms with Gasteiger partial charge in [0.2, 0.25) is 0 Å². The van der Waals surface area contributed by atoms with Gasteiger partial charge in [0, 0.05) is 45.6 Å². The van der Waals surface area contributed by atoms with Gasteiger partial charge in [0.15, 0.2) is 5.03 Å². The molecule has 0 amide bonds. The molecule has 0 aromatic carbocycles. The summed E-state index contributed by atoms with van der Waals surface area (Å²) in [6.07, 6.45) is 5.12. The second kappa shape index (κ2) is 5.68. The molecule has 1 aromatic rings. The summed E-state index contributed by atoms with van der Waals surface area (Å²) in [6.45, 7) is 2.32. The summed E-state index contributed by atoms with van der Waals surface area (Å²) in [5, 5.41) is 0.0951. The molecule has 2 aliphatic heterocycles. The fourth-order valence-corrected chi connectivity index (χ4v) is 4.75. The van der Waals surface area contributed by atoms with Crippen molar-refractivity contribution in [3.8, 4) is 0 Å². The van der Waals surface area contributed by atoms with Crippen molar-refractivity contribution in [2.45, 2.75) is 23.9 Å². The Labute approximate surface area is 125 Å². The van der Waals surface area contributed by atoms with Crippen molar-refractivity contribution in [3.05, 3.63) is 12.5 Å². The van der Waals surface area contributed by atoms with Gasteiger partial charge in [-0.1, -0.05) is 0 Å². The van der Waals surface area contributed by atoms with Crippen LogP contribution in [0.2, 0.25) is 0 Å². The molecule has 2 saturated heterocycles. The van der Waals surface area contributed by atoms with E-state index in [2.05, 4.69) is 4.98 Å². The van der Waals surface area contributed by atoms with E-state index >= 15 is 0 Å². The molecule has 0 saturated carbocycles. The molecule has 3 rings (SSSR count). The van der Waals surface area contributed by atoms with Gasteiger partial charge in [-0.2, -0.15) is 4.31 Å². The van der Waals surface area contributed by atoms with Gasteiger partial charge in [-0.25, -0.2) is 13.4 Å². The minimum absolute atomic E-state index is 0.0951. The molecule has 7 nitrogen and oxygen atoms in total.